The lowest BCUT2D eigenvalue weighted by atomic mass is 9.99. The van der Waals surface area contributed by atoms with Gasteiger partial charge in [-0.1, -0.05) is 56.8 Å². The van der Waals surface area contributed by atoms with Crippen LogP contribution in [-0.4, -0.2) is 35.6 Å². The fraction of sp³-hybridized carbons (Fsp3) is 1.00. The molecule has 0 aromatic carbocycles. The molecule has 0 unspecified atom stereocenters. The summed E-state index contributed by atoms with van der Waals surface area (Å²) in [6.07, 6.45) is 20.4. The van der Waals surface area contributed by atoms with Crippen LogP contribution < -0.4 is 0 Å². The largest absolute Gasteiger partial charge is 0.298 e. The highest BCUT2D eigenvalue weighted by atomic mass is 32.4. The number of hydrogen-bond donors (Lipinski definition) is 0. The summed E-state index contributed by atoms with van der Waals surface area (Å²) in [5.74, 6) is 0. The Morgan fingerprint density at radius 3 is 1.57 bits per heavy atom. The van der Waals surface area contributed by atoms with E-state index in [1.54, 1.807) is 0 Å². The van der Waals surface area contributed by atoms with E-state index >= 15 is 0 Å². The first-order valence-corrected chi connectivity index (χ1v) is 12.7. The number of piperidine rings is 1. The second kappa shape index (κ2) is 7.93. The van der Waals surface area contributed by atoms with Crippen molar-refractivity contribution in [1.29, 1.82) is 0 Å². The van der Waals surface area contributed by atoms with Gasteiger partial charge in [0.1, 0.15) is 0 Å². The molecular weight excluding hydrogens is 293 g/mol. The van der Waals surface area contributed by atoms with Crippen LogP contribution in [-0.2, 0) is 11.8 Å². The first kappa shape index (κ1) is 16.5. The lowest BCUT2D eigenvalue weighted by Crippen LogP contribution is -2.35. The first-order chi connectivity index (χ1) is 10.3. The van der Waals surface area contributed by atoms with Gasteiger partial charge in [-0.05, 0) is 69.0 Å². The highest BCUT2D eigenvalue weighted by molar-refractivity contribution is 8.15. The van der Waals surface area contributed by atoms with Gasteiger partial charge >= 0.3 is 0 Å². The zero-order chi connectivity index (χ0) is 14.5. The van der Waals surface area contributed by atoms with Crippen molar-refractivity contribution in [2.45, 2.75) is 94.8 Å². The lowest BCUT2D eigenvalue weighted by molar-refractivity contribution is 0.261. The summed E-state index contributed by atoms with van der Waals surface area (Å²) >= 11 is 6.59. The molecule has 0 bridgehead atoms. The SMILES string of the molecule is S=P(CN1CCCCC1)(C1CCCCC1)C1CCCCC1. The van der Waals surface area contributed by atoms with Gasteiger partial charge in [-0.15, -0.1) is 0 Å². The summed E-state index contributed by atoms with van der Waals surface area (Å²) in [5, 5.41) is 0. The van der Waals surface area contributed by atoms with E-state index < -0.39 is 6.04 Å². The van der Waals surface area contributed by atoms with Gasteiger partial charge in [-0.25, -0.2) is 0 Å². The third-order valence-corrected chi connectivity index (χ3v) is 12.7. The molecule has 1 nitrogen and oxygen atoms in total. The highest BCUT2D eigenvalue weighted by Crippen LogP contribution is 2.63. The molecule has 0 aromatic heterocycles. The average molecular weight is 328 g/mol. The Kier molecular flexibility index (Phi) is 6.22. The molecular formula is C18H34NPS. The third kappa shape index (κ3) is 4.12. The minimum atomic E-state index is -1.18. The van der Waals surface area contributed by atoms with E-state index in [4.69, 9.17) is 11.8 Å². The summed E-state index contributed by atoms with van der Waals surface area (Å²) < 4.78 is 0. The fourth-order valence-corrected chi connectivity index (χ4v) is 11.2. The molecule has 3 rings (SSSR count). The smallest absolute Gasteiger partial charge is 0.0280 e. The Morgan fingerprint density at radius 2 is 1.10 bits per heavy atom. The molecule has 1 saturated heterocycles. The second-order valence-electron chi connectivity index (χ2n) is 7.76. The molecule has 3 aliphatic rings. The van der Waals surface area contributed by atoms with Crippen LogP contribution in [0.15, 0.2) is 0 Å². The summed E-state index contributed by atoms with van der Waals surface area (Å²) in [6.45, 7) is 2.69. The Morgan fingerprint density at radius 1 is 0.667 bits per heavy atom. The van der Waals surface area contributed by atoms with Gasteiger partial charge in [0.25, 0.3) is 0 Å². The van der Waals surface area contributed by atoms with E-state index in [1.807, 2.05) is 0 Å². The van der Waals surface area contributed by atoms with Gasteiger partial charge in [-0.3, -0.25) is 4.90 Å². The lowest BCUT2D eigenvalue weighted by Gasteiger charge is -2.44. The minimum absolute atomic E-state index is 0.950. The monoisotopic (exact) mass is 327 g/mol. The zero-order valence-electron chi connectivity index (χ0n) is 13.8. The van der Waals surface area contributed by atoms with Crippen molar-refractivity contribution in [2.24, 2.45) is 0 Å². The molecule has 0 atom stereocenters. The van der Waals surface area contributed by atoms with Gasteiger partial charge in [0.15, 0.2) is 0 Å². The average Bonchev–Trinajstić information content (AvgIpc) is 2.57. The van der Waals surface area contributed by atoms with E-state index in [0.717, 1.165) is 11.3 Å². The van der Waals surface area contributed by atoms with Crippen LogP contribution in [0.25, 0.3) is 0 Å². The van der Waals surface area contributed by atoms with Gasteiger partial charge in [0.05, 0.1) is 0 Å². The van der Waals surface area contributed by atoms with Gasteiger partial charge in [0.2, 0.25) is 0 Å². The van der Waals surface area contributed by atoms with Crippen molar-refractivity contribution in [3.05, 3.63) is 0 Å². The molecule has 2 saturated carbocycles. The van der Waals surface area contributed by atoms with Crippen molar-refractivity contribution in [1.82, 2.24) is 4.90 Å². The maximum absolute atomic E-state index is 6.59. The van der Waals surface area contributed by atoms with Crippen molar-refractivity contribution >= 4 is 17.8 Å². The van der Waals surface area contributed by atoms with E-state index in [1.165, 1.54) is 103 Å². The zero-order valence-corrected chi connectivity index (χ0v) is 15.5. The van der Waals surface area contributed by atoms with Crippen LogP contribution >= 0.6 is 6.04 Å². The predicted octanol–water partition coefficient (Wildman–Crippen LogP) is 5.57. The molecule has 21 heavy (non-hydrogen) atoms. The summed E-state index contributed by atoms with van der Waals surface area (Å²) in [5.41, 5.74) is 1.90. The van der Waals surface area contributed by atoms with Crippen LogP contribution in [0.5, 0.6) is 0 Å². The van der Waals surface area contributed by atoms with Gasteiger partial charge in [0, 0.05) is 6.29 Å². The summed E-state index contributed by atoms with van der Waals surface area (Å²) in [6, 6.07) is -1.18. The predicted molar refractivity (Wildman–Crippen MR) is 98.3 cm³/mol. The Labute approximate surface area is 137 Å². The summed E-state index contributed by atoms with van der Waals surface area (Å²) in [7, 11) is 0. The first-order valence-electron chi connectivity index (χ1n) is 9.60. The number of nitrogens with zero attached hydrogens (tertiary/aromatic N) is 1. The molecule has 1 aliphatic heterocycles. The molecule has 0 amide bonds. The van der Waals surface area contributed by atoms with Crippen molar-refractivity contribution in [3.63, 3.8) is 0 Å². The molecule has 0 N–H and O–H groups in total. The standard InChI is InChI=1S/C18H34NPS/c21-20(17-10-4-1-5-11-17,18-12-6-2-7-13-18)16-19-14-8-3-9-15-19/h17-18H,1-16H2. The molecule has 0 aromatic rings. The van der Waals surface area contributed by atoms with E-state index in [2.05, 4.69) is 4.90 Å². The van der Waals surface area contributed by atoms with Crippen LogP contribution in [0, 0.1) is 0 Å². The Bertz CT molecular complexity index is 330. The fourth-order valence-electron chi connectivity index (χ4n) is 4.98. The van der Waals surface area contributed by atoms with Crippen LogP contribution in [0.4, 0.5) is 0 Å². The normalized spacial score (nSPS) is 27.8. The molecule has 1 heterocycles. The van der Waals surface area contributed by atoms with Crippen molar-refractivity contribution in [3.8, 4) is 0 Å². The van der Waals surface area contributed by atoms with Crippen LogP contribution in [0.1, 0.15) is 83.5 Å². The molecule has 0 spiro atoms. The van der Waals surface area contributed by atoms with Crippen LogP contribution in [0.3, 0.4) is 0 Å². The maximum Gasteiger partial charge on any atom is 0.0280 e. The van der Waals surface area contributed by atoms with Gasteiger partial charge in [-0.2, -0.15) is 0 Å². The maximum atomic E-state index is 6.59. The number of rotatable bonds is 4. The molecule has 122 valence electrons. The van der Waals surface area contributed by atoms with Crippen LogP contribution in [0.2, 0.25) is 0 Å². The number of likely N-dealkylation sites (tertiary alicyclic amines) is 1. The van der Waals surface area contributed by atoms with E-state index in [9.17, 15) is 0 Å². The topological polar surface area (TPSA) is 3.24 Å². The highest BCUT2D eigenvalue weighted by Gasteiger charge is 2.38. The number of hydrogen-bond acceptors (Lipinski definition) is 2. The molecule has 0 radical (unpaired) electrons. The summed E-state index contributed by atoms with van der Waals surface area (Å²) in [4.78, 5) is 2.79. The van der Waals surface area contributed by atoms with E-state index in [-0.39, 0.29) is 0 Å². The van der Waals surface area contributed by atoms with Crippen molar-refractivity contribution < 1.29 is 0 Å². The van der Waals surface area contributed by atoms with Gasteiger partial charge < -0.3 is 0 Å². The van der Waals surface area contributed by atoms with E-state index in [0.29, 0.717) is 0 Å². The van der Waals surface area contributed by atoms with Crippen molar-refractivity contribution in [2.75, 3.05) is 19.4 Å². The third-order valence-electron chi connectivity index (χ3n) is 6.26. The molecule has 3 fully saturated rings. The quantitative estimate of drug-likeness (QED) is 0.621. The molecule has 2 aliphatic carbocycles. The Balaban J connectivity index is 1.73. The minimum Gasteiger partial charge on any atom is -0.298 e. The second-order valence-corrected chi connectivity index (χ2v) is 13.2. The Hall–Kier alpha value is 0.610. The molecule has 3 heteroatoms.